The van der Waals surface area contributed by atoms with Crippen molar-refractivity contribution in [2.24, 2.45) is 0 Å². The lowest BCUT2D eigenvalue weighted by Crippen LogP contribution is -2.37. The Kier molecular flexibility index (Phi) is 5.35. The maximum atomic E-state index is 12.8. The van der Waals surface area contributed by atoms with Gasteiger partial charge in [0.25, 0.3) is 0 Å². The Labute approximate surface area is 172 Å². The molecule has 0 aliphatic carbocycles. The van der Waals surface area contributed by atoms with Crippen LogP contribution in [-0.2, 0) is 10.0 Å². The van der Waals surface area contributed by atoms with Gasteiger partial charge in [0.2, 0.25) is 21.7 Å². The molecule has 0 spiro atoms. The third-order valence-corrected chi connectivity index (χ3v) is 7.52. The Morgan fingerprint density at radius 3 is 2.43 bits per heavy atom. The van der Waals surface area contributed by atoms with E-state index >= 15 is 0 Å². The normalized spacial score (nSPS) is 16.4. The largest absolute Gasteiger partial charge is 0.339 e. The molecule has 0 amide bonds. The summed E-state index contributed by atoms with van der Waals surface area (Å²) in [5, 5.41) is 4.12. The van der Waals surface area contributed by atoms with Gasteiger partial charge in [0.05, 0.1) is 4.90 Å². The predicted octanol–water partition coefficient (Wildman–Crippen LogP) is 4.38. The molecule has 0 unspecified atom stereocenters. The highest BCUT2D eigenvalue weighted by molar-refractivity contribution is 9.10. The van der Waals surface area contributed by atoms with Crippen LogP contribution in [0, 0.1) is 6.92 Å². The monoisotopic (exact) mass is 461 g/mol. The lowest BCUT2D eigenvalue weighted by atomic mass is 9.98. The molecule has 0 bridgehead atoms. The highest BCUT2D eigenvalue weighted by Crippen LogP contribution is 2.31. The van der Waals surface area contributed by atoms with E-state index in [-0.39, 0.29) is 5.92 Å². The number of sulfonamides is 1. The van der Waals surface area contributed by atoms with Crippen molar-refractivity contribution in [1.82, 2.24) is 14.4 Å². The smallest absolute Gasteiger partial charge is 0.243 e. The zero-order valence-corrected chi connectivity index (χ0v) is 17.8. The molecule has 8 heteroatoms. The predicted molar refractivity (Wildman–Crippen MR) is 109 cm³/mol. The molecule has 3 aromatic rings. The minimum Gasteiger partial charge on any atom is -0.339 e. The van der Waals surface area contributed by atoms with Gasteiger partial charge >= 0.3 is 0 Å². The van der Waals surface area contributed by atoms with Crippen LogP contribution in [0.15, 0.2) is 62.4 Å². The van der Waals surface area contributed by atoms with Gasteiger partial charge in [-0.2, -0.15) is 9.29 Å². The third kappa shape index (κ3) is 3.76. The Balaban J connectivity index is 1.46. The van der Waals surface area contributed by atoms with Crippen LogP contribution in [0.2, 0.25) is 0 Å². The number of nitrogens with zero attached hydrogens (tertiary/aromatic N) is 3. The van der Waals surface area contributed by atoms with Gasteiger partial charge in [0.1, 0.15) is 0 Å². The SMILES string of the molecule is Cc1ccccc1-c1noc(C2CCN(S(=O)(=O)c3ccc(Br)cc3)CC2)n1. The van der Waals surface area contributed by atoms with Crippen molar-refractivity contribution in [3.05, 3.63) is 64.5 Å². The fraction of sp³-hybridized carbons (Fsp3) is 0.300. The van der Waals surface area contributed by atoms with Crippen molar-refractivity contribution in [1.29, 1.82) is 0 Å². The highest BCUT2D eigenvalue weighted by Gasteiger charge is 2.32. The maximum Gasteiger partial charge on any atom is 0.243 e. The van der Waals surface area contributed by atoms with Crippen molar-refractivity contribution >= 4 is 26.0 Å². The first kappa shape index (κ1) is 19.3. The third-order valence-electron chi connectivity index (χ3n) is 5.08. The Morgan fingerprint density at radius 2 is 1.75 bits per heavy atom. The average Bonchev–Trinajstić information content (AvgIpc) is 3.19. The molecule has 2 aromatic carbocycles. The van der Waals surface area contributed by atoms with E-state index in [0.29, 0.717) is 42.5 Å². The van der Waals surface area contributed by atoms with E-state index in [2.05, 4.69) is 26.1 Å². The molecule has 4 rings (SSSR count). The minimum atomic E-state index is -3.48. The molecule has 0 atom stereocenters. The summed E-state index contributed by atoms with van der Waals surface area (Å²) in [6.45, 7) is 2.88. The van der Waals surface area contributed by atoms with Crippen LogP contribution < -0.4 is 0 Å². The number of halogens is 1. The first-order chi connectivity index (χ1) is 13.4. The number of piperidine rings is 1. The zero-order valence-electron chi connectivity index (χ0n) is 15.4. The lowest BCUT2D eigenvalue weighted by Gasteiger charge is -2.29. The van der Waals surface area contributed by atoms with Gasteiger partial charge in [-0.15, -0.1) is 0 Å². The fourth-order valence-electron chi connectivity index (χ4n) is 3.43. The van der Waals surface area contributed by atoms with Crippen LogP contribution in [-0.4, -0.2) is 36.0 Å². The van der Waals surface area contributed by atoms with Gasteiger partial charge in [-0.1, -0.05) is 45.4 Å². The Bertz CT molecular complexity index is 1070. The van der Waals surface area contributed by atoms with E-state index in [4.69, 9.17) is 4.52 Å². The van der Waals surface area contributed by atoms with Crippen LogP contribution in [0.4, 0.5) is 0 Å². The number of aromatic nitrogens is 2. The molecule has 2 heterocycles. The van der Waals surface area contributed by atoms with Crippen molar-refractivity contribution in [3.8, 4) is 11.4 Å². The molecule has 0 saturated carbocycles. The van der Waals surface area contributed by atoms with E-state index in [1.165, 1.54) is 4.31 Å². The first-order valence-corrected chi connectivity index (χ1v) is 11.3. The molecule has 1 aliphatic rings. The van der Waals surface area contributed by atoms with Crippen LogP contribution in [0.3, 0.4) is 0 Å². The molecule has 28 heavy (non-hydrogen) atoms. The molecule has 1 saturated heterocycles. The molecular weight excluding hydrogens is 442 g/mol. The van der Waals surface area contributed by atoms with Crippen LogP contribution >= 0.6 is 15.9 Å². The molecule has 1 aliphatic heterocycles. The Hall–Kier alpha value is -2.03. The number of rotatable bonds is 4. The van der Waals surface area contributed by atoms with E-state index in [9.17, 15) is 8.42 Å². The van der Waals surface area contributed by atoms with Crippen molar-refractivity contribution in [2.75, 3.05) is 13.1 Å². The summed E-state index contributed by atoms with van der Waals surface area (Å²) in [5.74, 6) is 1.23. The molecule has 0 N–H and O–H groups in total. The van der Waals surface area contributed by atoms with Gasteiger partial charge in [0, 0.05) is 29.0 Å². The Morgan fingerprint density at radius 1 is 1.07 bits per heavy atom. The molecule has 0 radical (unpaired) electrons. The first-order valence-electron chi connectivity index (χ1n) is 9.10. The second-order valence-corrected chi connectivity index (χ2v) is 9.76. The lowest BCUT2D eigenvalue weighted by molar-refractivity contribution is 0.271. The number of benzene rings is 2. The maximum absolute atomic E-state index is 12.8. The summed E-state index contributed by atoms with van der Waals surface area (Å²) in [7, 11) is -3.48. The van der Waals surface area contributed by atoms with Gasteiger partial charge < -0.3 is 4.52 Å². The van der Waals surface area contributed by atoms with Crippen molar-refractivity contribution in [3.63, 3.8) is 0 Å². The average molecular weight is 462 g/mol. The summed E-state index contributed by atoms with van der Waals surface area (Å²) in [5.41, 5.74) is 2.04. The topological polar surface area (TPSA) is 76.3 Å². The van der Waals surface area contributed by atoms with Gasteiger partial charge in [-0.3, -0.25) is 0 Å². The van der Waals surface area contributed by atoms with Crippen molar-refractivity contribution in [2.45, 2.75) is 30.6 Å². The molecular formula is C20H20BrN3O3S. The summed E-state index contributed by atoms with van der Waals surface area (Å²) in [6, 6.07) is 14.6. The molecule has 146 valence electrons. The number of hydrogen-bond donors (Lipinski definition) is 0. The summed E-state index contributed by atoms with van der Waals surface area (Å²) in [6.07, 6.45) is 1.32. The van der Waals surface area contributed by atoms with E-state index in [1.807, 2.05) is 31.2 Å². The van der Waals surface area contributed by atoms with Gasteiger partial charge in [-0.05, 0) is 49.6 Å². The zero-order chi connectivity index (χ0) is 19.7. The number of aryl methyl sites for hydroxylation is 1. The quantitative estimate of drug-likeness (QED) is 0.576. The van der Waals surface area contributed by atoms with Crippen LogP contribution in [0.5, 0.6) is 0 Å². The highest BCUT2D eigenvalue weighted by atomic mass is 79.9. The summed E-state index contributed by atoms with van der Waals surface area (Å²) >= 11 is 3.33. The van der Waals surface area contributed by atoms with Gasteiger partial charge in [-0.25, -0.2) is 8.42 Å². The standard InChI is InChI=1S/C20H20BrN3O3S/c1-14-4-2-3-5-18(14)19-22-20(27-23-19)15-10-12-24(13-11-15)28(25,26)17-8-6-16(21)7-9-17/h2-9,15H,10-13H2,1H3. The van der Waals surface area contributed by atoms with Gasteiger partial charge in [0.15, 0.2) is 0 Å². The van der Waals surface area contributed by atoms with Crippen molar-refractivity contribution < 1.29 is 12.9 Å². The summed E-state index contributed by atoms with van der Waals surface area (Å²) in [4.78, 5) is 4.88. The minimum absolute atomic E-state index is 0.0710. The van der Waals surface area contributed by atoms with E-state index in [1.54, 1.807) is 24.3 Å². The summed E-state index contributed by atoms with van der Waals surface area (Å²) < 4.78 is 33.5. The van der Waals surface area contributed by atoms with Crippen LogP contribution in [0.1, 0.15) is 30.2 Å². The molecule has 1 aromatic heterocycles. The fourth-order valence-corrected chi connectivity index (χ4v) is 5.17. The number of hydrogen-bond acceptors (Lipinski definition) is 5. The second kappa shape index (κ2) is 7.77. The van der Waals surface area contributed by atoms with Crippen LogP contribution in [0.25, 0.3) is 11.4 Å². The second-order valence-electron chi connectivity index (χ2n) is 6.90. The molecule has 6 nitrogen and oxygen atoms in total. The molecule has 1 fully saturated rings. The van der Waals surface area contributed by atoms with E-state index < -0.39 is 10.0 Å². The van der Waals surface area contributed by atoms with E-state index in [0.717, 1.165) is 15.6 Å².